The quantitative estimate of drug-likeness (QED) is 0.507. The van der Waals surface area contributed by atoms with E-state index in [2.05, 4.69) is 17.3 Å². The van der Waals surface area contributed by atoms with Gasteiger partial charge in [0.05, 0.1) is 28.2 Å². The van der Waals surface area contributed by atoms with E-state index in [4.69, 9.17) is 14.8 Å². The number of thiazole rings is 1. The Bertz CT molecular complexity index is 1300. The molecule has 3 aromatic heterocycles. The summed E-state index contributed by atoms with van der Waals surface area (Å²) in [5.74, 6) is 1.42. The number of amides is 1. The second kappa shape index (κ2) is 7.49. The second-order valence-electron chi connectivity index (χ2n) is 7.65. The van der Waals surface area contributed by atoms with Crippen LogP contribution in [-0.2, 0) is 11.3 Å². The number of aromatic nitrogens is 5. The van der Waals surface area contributed by atoms with Gasteiger partial charge < -0.3 is 10.1 Å². The van der Waals surface area contributed by atoms with Gasteiger partial charge in [-0.05, 0) is 45.9 Å². The lowest BCUT2D eigenvalue weighted by atomic mass is 9.86. The van der Waals surface area contributed by atoms with E-state index in [0.717, 1.165) is 50.2 Å². The summed E-state index contributed by atoms with van der Waals surface area (Å²) >= 11 is 1.53. The van der Waals surface area contributed by atoms with Gasteiger partial charge in [-0.1, -0.05) is 11.3 Å². The molecule has 1 aliphatic rings. The van der Waals surface area contributed by atoms with Crippen LogP contribution in [0.3, 0.4) is 0 Å². The van der Waals surface area contributed by atoms with Crippen LogP contribution < -0.4 is 10.1 Å². The lowest BCUT2D eigenvalue weighted by Gasteiger charge is -2.23. The van der Waals surface area contributed by atoms with Crippen molar-refractivity contribution in [3.63, 3.8) is 0 Å². The molecule has 0 saturated carbocycles. The van der Waals surface area contributed by atoms with Crippen molar-refractivity contribution in [1.29, 1.82) is 0 Å². The largest absolute Gasteiger partial charge is 0.494 e. The molecule has 1 aromatic carbocycles. The normalized spacial score (nSPS) is 15.9. The minimum absolute atomic E-state index is 0.0259. The van der Waals surface area contributed by atoms with Gasteiger partial charge >= 0.3 is 0 Å². The molecule has 5 rings (SSSR count). The zero-order valence-electron chi connectivity index (χ0n) is 18.0. The maximum atomic E-state index is 12.7. The lowest BCUT2D eigenvalue weighted by molar-refractivity contribution is -0.116. The van der Waals surface area contributed by atoms with Crippen molar-refractivity contribution in [3.8, 4) is 10.9 Å². The van der Waals surface area contributed by atoms with E-state index in [1.54, 1.807) is 4.68 Å². The van der Waals surface area contributed by atoms with Gasteiger partial charge in [0.25, 0.3) is 0 Å². The van der Waals surface area contributed by atoms with Crippen molar-refractivity contribution in [3.05, 3.63) is 46.9 Å². The Morgan fingerprint density at radius 2 is 2.06 bits per heavy atom. The smallest absolute Gasteiger partial charge is 0.226 e. The molecule has 1 amide bonds. The Morgan fingerprint density at radius 1 is 1.23 bits per heavy atom. The average molecular weight is 437 g/mol. The summed E-state index contributed by atoms with van der Waals surface area (Å²) in [6.07, 6.45) is 2.43. The predicted molar refractivity (Wildman–Crippen MR) is 120 cm³/mol. The number of fused-ring (bicyclic) bond motifs is 2. The average Bonchev–Trinajstić information content (AvgIpc) is 3.42. The van der Waals surface area contributed by atoms with Crippen LogP contribution >= 0.6 is 11.3 Å². The Hall–Kier alpha value is -3.20. The van der Waals surface area contributed by atoms with Crippen molar-refractivity contribution in [1.82, 2.24) is 24.5 Å². The molecule has 4 aromatic rings. The van der Waals surface area contributed by atoms with Crippen molar-refractivity contribution in [2.75, 3.05) is 11.9 Å². The summed E-state index contributed by atoms with van der Waals surface area (Å²) in [7, 11) is 0. The zero-order chi connectivity index (χ0) is 21.7. The summed E-state index contributed by atoms with van der Waals surface area (Å²) < 4.78 is 10.3. The van der Waals surface area contributed by atoms with Gasteiger partial charge in [0.1, 0.15) is 11.6 Å². The third kappa shape index (κ3) is 3.29. The first-order chi connectivity index (χ1) is 15.0. The number of carbonyl (C=O) groups excluding carboxylic acids is 1. The van der Waals surface area contributed by atoms with Gasteiger partial charge in [-0.15, -0.1) is 0 Å². The molecule has 1 aliphatic heterocycles. The minimum atomic E-state index is -0.0725. The molecule has 1 atom stereocenters. The van der Waals surface area contributed by atoms with E-state index in [1.807, 2.05) is 49.8 Å². The number of nitrogens with zero attached hydrogens (tertiary/aromatic N) is 5. The van der Waals surface area contributed by atoms with E-state index in [9.17, 15) is 4.79 Å². The van der Waals surface area contributed by atoms with Gasteiger partial charge in [0.15, 0.2) is 0 Å². The molecule has 0 fully saturated rings. The molecule has 9 heteroatoms. The molecule has 0 unspecified atom stereocenters. The highest BCUT2D eigenvalue weighted by molar-refractivity contribution is 7.20. The first-order valence-electron chi connectivity index (χ1n) is 10.5. The van der Waals surface area contributed by atoms with Crippen LogP contribution in [0.5, 0.6) is 5.75 Å². The van der Waals surface area contributed by atoms with Gasteiger partial charge in [0, 0.05) is 36.2 Å². The first-order valence-corrected chi connectivity index (χ1v) is 11.3. The number of rotatable bonds is 5. The van der Waals surface area contributed by atoms with E-state index >= 15 is 0 Å². The van der Waals surface area contributed by atoms with E-state index in [-0.39, 0.29) is 11.8 Å². The van der Waals surface area contributed by atoms with E-state index in [0.29, 0.717) is 18.8 Å². The highest BCUT2D eigenvalue weighted by atomic mass is 32.1. The molecular weight excluding hydrogens is 412 g/mol. The predicted octanol–water partition coefficient (Wildman–Crippen LogP) is 4.19. The monoisotopic (exact) mass is 436 g/mol. The zero-order valence-corrected chi connectivity index (χ0v) is 18.8. The summed E-state index contributed by atoms with van der Waals surface area (Å²) in [5, 5.41) is 13.1. The SMILES string of the molecule is CCOc1ccc2nc(-n3nc(C)c4c3NC(=O)C[C@H]4c3cn(CC)nc3C)sc2c1. The van der Waals surface area contributed by atoms with Crippen molar-refractivity contribution in [2.45, 2.75) is 46.6 Å². The third-order valence-electron chi connectivity index (χ3n) is 5.63. The number of ether oxygens (including phenoxy) is 1. The van der Waals surface area contributed by atoms with Crippen molar-refractivity contribution >= 4 is 33.3 Å². The number of aryl methyl sites for hydroxylation is 3. The third-order valence-corrected chi connectivity index (χ3v) is 6.62. The highest BCUT2D eigenvalue weighted by Crippen LogP contribution is 2.42. The molecule has 160 valence electrons. The standard InChI is InChI=1S/C22H24N6O2S/c1-5-27-11-16(12(3)25-27)15-10-19(29)24-21-20(15)13(4)26-28(21)22-23-17-8-7-14(30-6-2)9-18(17)31-22/h7-9,11,15H,5-6,10H2,1-4H3,(H,24,29)/t15-/m0/s1. The fourth-order valence-electron chi connectivity index (χ4n) is 4.23. The van der Waals surface area contributed by atoms with Crippen LogP contribution in [0.4, 0.5) is 5.82 Å². The number of nitrogens with one attached hydrogen (secondary N) is 1. The topological polar surface area (TPSA) is 86.9 Å². The van der Waals surface area contributed by atoms with Crippen LogP contribution in [0.1, 0.15) is 48.7 Å². The Kier molecular flexibility index (Phi) is 4.77. The van der Waals surface area contributed by atoms with Crippen LogP contribution in [0.15, 0.2) is 24.4 Å². The number of carbonyl (C=O) groups is 1. The van der Waals surface area contributed by atoms with Gasteiger partial charge in [0.2, 0.25) is 11.0 Å². The highest BCUT2D eigenvalue weighted by Gasteiger charge is 2.34. The molecule has 0 radical (unpaired) electrons. The van der Waals surface area contributed by atoms with Crippen LogP contribution in [-0.4, -0.2) is 37.1 Å². The second-order valence-corrected chi connectivity index (χ2v) is 8.66. The Balaban J connectivity index is 1.62. The van der Waals surface area contributed by atoms with Crippen LogP contribution in [0, 0.1) is 13.8 Å². The maximum absolute atomic E-state index is 12.7. The van der Waals surface area contributed by atoms with Crippen LogP contribution in [0.2, 0.25) is 0 Å². The van der Waals surface area contributed by atoms with Crippen molar-refractivity contribution < 1.29 is 9.53 Å². The molecule has 1 N–H and O–H groups in total. The summed E-state index contributed by atoms with van der Waals surface area (Å²) in [5.41, 5.74) is 4.82. The van der Waals surface area contributed by atoms with Crippen molar-refractivity contribution in [2.24, 2.45) is 0 Å². The van der Waals surface area contributed by atoms with Gasteiger partial charge in [-0.3, -0.25) is 9.48 Å². The number of anilines is 1. The lowest BCUT2D eigenvalue weighted by Crippen LogP contribution is -2.25. The number of hydrogen-bond acceptors (Lipinski definition) is 6. The fraction of sp³-hybridized carbons (Fsp3) is 0.364. The maximum Gasteiger partial charge on any atom is 0.226 e. The molecule has 4 heterocycles. The summed E-state index contributed by atoms with van der Waals surface area (Å²) in [6, 6.07) is 5.87. The van der Waals surface area contributed by atoms with E-state index in [1.165, 1.54) is 11.3 Å². The van der Waals surface area contributed by atoms with Gasteiger partial charge in [-0.2, -0.15) is 14.9 Å². The summed E-state index contributed by atoms with van der Waals surface area (Å²) in [4.78, 5) is 17.4. The molecular formula is C22H24N6O2S. The molecule has 8 nitrogen and oxygen atoms in total. The number of benzene rings is 1. The molecule has 0 aliphatic carbocycles. The Labute approximate surface area is 183 Å². The minimum Gasteiger partial charge on any atom is -0.494 e. The summed E-state index contributed by atoms with van der Waals surface area (Å²) in [6.45, 7) is 9.41. The molecule has 0 spiro atoms. The van der Waals surface area contributed by atoms with Crippen LogP contribution in [0.25, 0.3) is 15.3 Å². The van der Waals surface area contributed by atoms with E-state index < -0.39 is 0 Å². The molecule has 0 bridgehead atoms. The molecule has 31 heavy (non-hydrogen) atoms. The van der Waals surface area contributed by atoms with Gasteiger partial charge in [-0.25, -0.2) is 4.98 Å². The molecule has 0 saturated heterocycles. The Morgan fingerprint density at radius 3 is 2.81 bits per heavy atom. The first kappa shape index (κ1) is 19.7. The fourth-order valence-corrected chi connectivity index (χ4v) is 5.18. The number of hydrogen-bond donors (Lipinski definition) is 1.